The molecule has 2 aliphatic heterocycles. The van der Waals surface area contributed by atoms with Crippen molar-refractivity contribution in [3.63, 3.8) is 0 Å². The normalized spacial score (nSPS) is 18.7. The van der Waals surface area contributed by atoms with Gasteiger partial charge in [0, 0.05) is 28.7 Å². The lowest BCUT2D eigenvalue weighted by atomic mass is 10.1. The first-order valence-corrected chi connectivity index (χ1v) is 11.2. The van der Waals surface area contributed by atoms with E-state index in [2.05, 4.69) is 5.32 Å². The van der Waals surface area contributed by atoms with Gasteiger partial charge in [-0.25, -0.2) is 0 Å². The van der Waals surface area contributed by atoms with Crippen LogP contribution in [0, 0.1) is 0 Å². The van der Waals surface area contributed by atoms with Gasteiger partial charge < -0.3 is 15.1 Å². The van der Waals surface area contributed by atoms with Crippen molar-refractivity contribution in [3.05, 3.63) is 53.6 Å². The average Bonchev–Trinajstić information content (AvgIpc) is 2.75. The number of likely N-dealkylation sites (tertiary alicyclic amines) is 1. The number of hydrogen-bond donors (Lipinski definition) is 1. The molecule has 0 spiro atoms. The number of nitrogens with one attached hydrogen (secondary N) is 1. The number of fused-ring (bicyclic) bond motifs is 1. The molecule has 2 aromatic rings. The maximum Gasteiger partial charge on any atom is 0.250 e. The predicted octanol–water partition coefficient (Wildman–Crippen LogP) is 3.80. The molecule has 0 bridgehead atoms. The molecule has 1 atom stereocenters. The molecule has 6 nitrogen and oxygen atoms in total. The molecule has 8 heteroatoms. The molecule has 2 aliphatic rings. The molecule has 0 saturated carbocycles. The van der Waals surface area contributed by atoms with Crippen molar-refractivity contribution in [2.24, 2.45) is 0 Å². The fraction of sp³-hybridized carbons (Fsp3) is 0.318. The van der Waals surface area contributed by atoms with Gasteiger partial charge in [0.1, 0.15) is 6.54 Å². The molecule has 1 N–H and O–H groups in total. The summed E-state index contributed by atoms with van der Waals surface area (Å²) in [5, 5.41) is 2.42. The lowest BCUT2D eigenvalue weighted by molar-refractivity contribution is -0.135. The number of carbonyl (C=O) groups excluding carboxylic acids is 3. The van der Waals surface area contributed by atoms with E-state index in [0.717, 1.165) is 24.2 Å². The van der Waals surface area contributed by atoms with Crippen molar-refractivity contribution in [1.82, 2.24) is 4.90 Å². The maximum atomic E-state index is 13.3. The number of hydrogen-bond acceptors (Lipinski definition) is 4. The molecule has 3 amide bonds. The number of para-hydroxylation sites is 1. The van der Waals surface area contributed by atoms with Gasteiger partial charge in [0.25, 0.3) is 5.91 Å². The van der Waals surface area contributed by atoms with Crippen LogP contribution in [0.4, 0.5) is 11.4 Å². The Kier molecular flexibility index (Phi) is 6.29. The molecule has 1 saturated heterocycles. The van der Waals surface area contributed by atoms with Gasteiger partial charge in [0.05, 0.1) is 5.69 Å². The van der Waals surface area contributed by atoms with Crippen LogP contribution in [-0.2, 0) is 14.4 Å². The van der Waals surface area contributed by atoms with Gasteiger partial charge in [0.2, 0.25) is 11.8 Å². The molecule has 0 aromatic heterocycles. The van der Waals surface area contributed by atoms with E-state index in [0.29, 0.717) is 29.5 Å². The van der Waals surface area contributed by atoms with Crippen molar-refractivity contribution in [3.8, 4) is 0 Å². The monoisotopic (exact) mass is 443 g/mol. The van der Waals surface area contributed by atoms with Gasteiger partial charge in [-0.2, -0.15) is 0 Å². The summed E-state index contributed by atoms with van der Waals surface area (Å²) in [6.07, 6.45) is 3.02. The van der Waals surface area contributed by atoms with Crippen molar-refractivity contribution in [2.45, 2.75) is 29.4 Å². The zero-order valence-electron chi connectivity index (χ0n) is 16.3. The number of anilines is 2. The second kappa shape index (κ2) is 9.10. The first kappa shape index (κ1) is 20.8. The molecular formula is C22H22ClN3O3S. The van der Waals surface area contributed by atoms with Crippen LogP contribution in [0.1, 0.15) is 19.3 Å². The summed E-state index contributed by atoms with van der Waals surface area (Å²) in [7, 11) is 0. The zero-order chi connectivity index (χ0) is 21.1. The highest BCUT2D eigenvalue weighted by atomic mass is 35.5. The summed E-state index contributed by atoms with van der Waals surface area (Å²) < 4.78 is 0. The molecule has 2 heterocycles. The Balaban J connectivity index is 1.55. The minimum Gasteiger partial charge on any atom is -0.341 e. The van der Waals surface area contributed by atoms with E-state index >= 15 is 0 Å². The van der Waals surface area contributed by atoms with Gasteiger partial charge in [-0.3, -0.25) is 14.4 Å². The fourth-order valence-electron chi connectivity index (χ4n) is 3.73. The van der Waals surface area contributed by atoms with Crippen LogP contribution in [0.3, 0.4) is 0 Å². The number of halogens is 1. The van der Waals surface area contributed by atoms with Gasteiger partial charge >= 0.3 is 0 Å². The van der Waals surface area contributed by atoms with Crippen LogP contribution in [0.2, 0.25) is 5.02 Å². The summed E-state index contributed by atoms with van der Waals surface area (Å²) in [6, 6.07) is 14.2. The lowest BCUT2D eigenvalue weighted by Crippen LogP contribution is -2.52. The Bertz CT molecular complexity index is 978. The third-order valence-electron chi connectivity index (χ3n) is 5.19. The van der Waals surface area contributed by atoms with E-state index < -0.39 is 5.25 Å². The van der Waals surface area contributed by atoms with Crippen LogP contribution < -0.4 is 10.2 Å². The van der Waals surface area contributed by atoms with Crippen LogP contribution in [0.5, 0.6) is 0 Å². The molecule has 1 unspecified atom stereocenters. The third-order valence-corrected chi connectivity index (χ3v) is 6.67. The molecule has 2 aromatic carbocycles. The summed E-state index contributed by atoms with van der Waals surface area (Å²) in [4.78, 5) is 43.0. The van der Waals surface area contributed by atoms with Gasteiger partial charge in [-0.05, 0) is 49.6 Å². The van der Waals surface area contributed by atoms with Crippen LogP contribution >= 0.6 is 23.4 Å². The van der Waals surface area contributed by atoms with Crippen molar-refractivity contribution < 1.29 is 14.4 Å². The Morgan fingerprint density at radius 3 is 2.60 bits per heavy atom. The van der Waals surface area contributed by atoms with Crippen LogP contribution in [-0.4, -0.2) is 47.5 Å². The number of nitrogens with zero attached hydrogens (tertiary/aromatic N) is 2. The molecule has 1 fully saturated rings. The topological polar surface area (TPSA) is 69.7 Å². The number of rotatable bonds is 4. The molecule has 156 valence electrons. The van der Waals surface area contributed by atoms with E-state index in [1.165, 1.54) is 16.7 Å². The SMILES string of the molecule is O=C(CN1C(=O)C(C(=O)N2CCCCC2)Sc2ccccc21)Nc1cccc(Cl)c1. The largest absolute Gasteiger partial charge is 0.341 e. The van der Waals surface area contributed by atoms with Crippen LogP contribution in [0.25, 0.3) is 0 Å². The Hall–Kier alpha value is -2.51. The van der Waals surface area contributed by atoms with Crippen molar-refractivity contribution in [1.29, 1.82) is 0 Å². The minimum absolute atomic E-state index is 0.167. The first-order valence-electron chi connectivity index (χ1n) is 9.94. The highest BCUT2D eigenvalue weighted by Crippen LogP contribution is 2.40. The molecule has 4 rings (SSSR count). The van der Waals surface area contributed by atoms with Gasteiger partial charge in [0.15, 0.2) is 5.25 Å². The number of thioether (sulfide) groups is 1. The van der Waals surface area contributed by atoms with Gasteiger partial charge in [-0.1, -0.05) is 29.8 Å². The Labute approximate surface area is 184 Å². The number of benzene rings is 2. The summed E-state index contributed by atoms with van der Waals surface area (Å²) in [5.41, 5.74) is 1.21. The third kappa shape index (κ3) is 4.47. The Morgan fingerprint density at radius 2 is 1.83 bits per heavy atom. The van der Waals surface area contributed by atoms with Crippen LogP contribution in [0.15, 0.2) is 53.4 Å². The smallest absolute Gasteiger partial charge is 0.250 e. The molecule has 0 radical (unpaired) electrons. The highest BCUT2D eigenvalue weighted by molar-refractivity contribution is 8.01. The molecule has 0 aliphatic carbocycles. The van der Waals surface area contributed by atoms with Crippen molar-refractivity contribution >= 4 is 52.5 Å². The van der Waals surface area contributed by atoms with E-state index in [9.17, 15) is 14.4 Å². The fourth-order valence-corrected chi connectivity index (χ4v) is 5.11. The zero-order valence-corrected chi connectivity index (χ0v) is 17.9. The summed E-state index contributed by atoms with van der Waals surface area (Å²) in [6.45, 7) is 1.19. The van der Waals surface area contributed by atoms with Crippen molar-refractivity contribution in [2.75, 3.05) is 29.9 Å². The van der Waals surface area contributed by atoms with Gasteiger partial charge in [-0.15, -0.1) is 11.8 Å². The lowest BCUT2D eigenvalue weighted by Gasteiger charge is -2.36. The number of piperidine rings is 1. The average molecular weight is 444 g/mol. The maximum absolute atomic E-state index is 13.3. The van der Waals surface area contributed by atoms with E-state index in [1.54, 1.807) is 35.2 Å². The van der Waals surface area contributed by atoms with E-state index in [4.69, 9.17) is 11.6 Å². The predicted molar refractivity (Wildman–Crippen MR) is 119 cm³/mol. The first-order chi connectivity index (χ1) is 14.5. The van der Waals surface area contributed by atoms with E-state index in [1.807, 2.05) is 18.2 Å². The standard InChI is InChI=1S/C22H22ClN3O3S/c23-15-7-6-8-16(13-15)24-19(27)14-26-17-9-2-3-10-18(17)30-20(22(26)29)21(28)25-11-4-1-5-12-25/h2-3,6-10,13,20H,1,4-5,11-12,14H2,(H,24,27). The summed E-state index contributed by atoms with van der Waals surface area (Å²) >= 11 is 7.25. The number of carbonyl (C=O) groups is 3. The summed E-state index contributed by atoms with van der Waals surface area (Å²) in [5.74, 6) is -0.869. The van der Waals surface area contributed by atoms with E-state index in [-0.39, 0.29) is 24.3 Å². The quantitative estimate of drug-likeness (QED) is 0.730. The number of amides is 3. The second-order valence-electron chi connectivity index (χ2n) is 7.33. The Morgan fingerprint density at radius 1 is 1.07 bits per heavy atom. The minimum atomic E-state index is -0.864. The second-order valence-corrected chi connectivity index (χ2v) is 8.92. The molecule has 30 heavy (non-hydrogen) atoms. The highest BCUT2D eigenvalue weighted by Gasteiger charge is 2.40. The molecular weight excluding hydrogens is 422 g/mol.